The van der Waals surface area contributed by atoms with E-state index in [1.807, 2.05) is 0 Å². The van der Waals surface area contributed by atoms with Gasteiger partial charge >= 0.3 is 5.97 Å². The first-order chi connectivity index (χ1) is 14.9. The lowest BCUT2D eigenvalue weighted by Crippen LogP contribution is -2.50. The summed E-state index contributed by atoms with van der Waals surface area (Å²) in [6.45, 7) is 1.98. The summed E-state index contributed by atoms with van der Waals surface area (Å²) in [5.41, 5.74) is 0.764. The Morgan fingerprint density at radius 2 is 2.03 bits per heavy atom. The lowest BCUT2D eigenvalue weighted by Gasteiger charge is -2.39. The monoisotopic (exact) mass is 421 g/mol. The number of pyridine rings is 2. The molecule has 2 aromatic heterocycles. The number of esters is 1. The first kappa shape index (κ1) is 20.5. The van der Waals surface area contributed by atoms with Crippen LogP contribution in [-0.4, -0.2) is 35.6 Å². The molecule has 4 rings (SSSR count). The number of rotatable bonds is 4. The van der Waals surface area contributed by atoms with E-state index in [-0.39, 0.29) is 17.1 Å². The van der Waals surface area contributed by atoms with E-state index in [0.717, 1.165) is 0 Å². The minimum atomic E-state index is -1.11. The van der Waals surface area contributed by atoms with Crippen molar-refractivity contribution in [1.29, 1.82) is 0 Å². The lowest BCUT2D eigenvalue weighted by molar-refractivity contribution is 0.0599. The summed E-state index contributed by atoms with van der Waals surface area (Å²) in [7, 11) is 1.27. The number of hydrogen-bond donors (Lipinski definition) is 1. The lowest BCUT2D eigenvalue weighted by atomic mass is 9.81. The molecule has 0 fully saturated rings. The van der Waals surface area contributed by atoms with E-state index in [0.29, 0.717) is 35.6 Å². The molecule has 1 aromatic carbocycles. The number of amides is 1. The second-order valence-electron chi connectivity index (χ2n) is 7.20. The maximum absolute atomic E-state index is 14.5. The van der Waals surface area contributed by atoms with Gasteiger partial charge in [0.05, 0.1) is 19.3 Å². The van der Waals surface area contributed by atoms with E-state index >= 15 is 0 Å². The van der Waals surface area contributed by atoms with Crippen LogP contribution in [-0.2, 0) is 10.3 Å². The van der Waals surface area contributed by atoms with Gasteiger partial charge in [0, 0.05) is 18.8 Å². The molecule has 0 bridgehead atoms. The van der Waals surface area contributed by atoms with Gasteiger partial charge in [0.2, 0.25) is 0 Å². The second kappa shape index (κ2) is 8.14. The molecule has 8 heteroatoms. The predicted molar refractivity (Wildman–Crippen MR) is 109 cm³/mol. The highest BCUT2D eigenvalue weighted by molar-refractivity contribution is 5.95. The Morgan fingerprint density at radius 1 is 1.19 bits per heavy atom. The average Bonchev–Trinajstić information content (AvgIpc) is 2.80. The van der Waals surface area contributed by atoms with Crippen molar-refractivity contribution in [1.82, 2.24) is 15.3 Å². The van der Waals surface area contributed by atoms with Crippen molar-refractivity contribution < 1.29 is 23.5 Å². The third-order valence-electron chi connectivity index (χ3n) is 5.32. The molecule has 1 amide bonds. The van der Waals surface area contributed by atoms with Gasteiger partial charge in [-0.3, -0.25) is 14.8 Å². The molecule has 1 unspecified atom stereocenters. The molecular formula is C23H20FN3O4. The molecule has 0 spiro atoms. The van der Waals surface area contributed by atoms with Crippen LogP contribution in [0.25, 0.3) is 0 Å². The van der Waals surface area contributed by atoms with Crippen molar-refractivity contribution >= 4 is 11.9 Å². The van der Waals surface area contributed by atoms with Crippen molar-refractivity contribution in [3.63, 3.8) is 0 Å². The van der Waals surface area contributed by atoms with E-state index in [4.69, 9.17) is 4.74 Å². The minimum Gasteiger partial charge on any atom is -0.491 e. The van der Waals surface area contributed by atoms with Gasteiger partial charge in [0.1, 0.15) is 28.5 Å². The van der Waals surface area contributed by atoms with Crippen LogP contribution in [0.15, 0.2) is 54.9 Å². The Labute approximate surface area is 178 Å². The van der Waals surface area contributed by atoms with Crippen LogP contribution < -0.4 is 10.1 Å². The third-order valence-corrected chi connectivity index (χ3v) is 5.32. The van der Waals surface area contributed by atoms with Crippen LogP contribution in [0.4, 0.5) is 4.39 Å². The number of nitrogens with one attached hydrogen (secondary N) is 1. The molecule has 3 aromatic rings. The molecule has 1 aliphatic heterocycles. The van der Waals surface area contributed by atoms with E-state index in [1.165, 1.54) is 31.5 Å². The summed E-state index contributed by atoms with van der Waals surface area (Å²) in [4.78, 5) is 33.3. The minimum absolute atomic E-state index is 0.101. The van der Waals surface area contributed by atoms with Crippen LogP contribution in [0.3, 0.4) is 0 Å². The van der Waals surface area contributed by atoms with Gasteiger partial charge in [0.15, 0.2) is 0 Å². The zero-order valence-corrected chi connectivity index (χ0v) is 17.0. The van der Waals surface area contributed by atoms with Gasteiger partial charge in [-0.1, -0.05) is 12.1 Å². The summed E-state index contributed by atoms with van der Waals surface area (Å²) in [6, 6.07) is 11.2. The highest BCUT2D eigenvalue weighted by Crippen LogP contribution is 2.41. The summed E-state index contributed by atoms with van der Waals surface area (Å²) < 4.78 is 24.8. The maximum Gasteiger partial charge on any atom is 0.339 e. The molecule has 1 aliphatic rings. The fourth-order valence-corrected chi connectivity index (χ4v) is 3.62. The first-order valence-corrected chi connectivity index (χ1v) is 9.66. The summed E-state index contributed by atoms with van der Waals surface area (Å²) in [5, 5.41) is 3.00. The van der Waals surface area contributed by atoms with E-state index in [2.05, 4.69) is 20.0 Å². The van der Waals surface area contributed by atoms with Crippen molar-refractivity contribution in [3.05, 3.63) is 88.8 Å². The molecule has 0 aliphatic carbocycles. The Balaban J connectivity index is 1.77. The van der Waals surface area contributed by atoms with Gasteiger partial charge in [-0.05, 0) is 48.4 Å². The number of nitrogens with zero attached hydrogens (tertiary/aromatic N) is 2. The Hall–Kier alpha value is -3.81. The number of aryl methyl sites for hydroxylation is 1. The standard InChI is InChI=1S/C23H20FN3O4/c1-14-5-7-16(12-17(14)24)23(9-11-31-19-4-3-10-25-20(19)23)27-21(28)18-8-6-15(13-26-18)22(29)30-2/h3-8,10,12-13H,9,11H2,1-2H3,(H,27,28). The number of carbonyl (C=O) groups excluding carboxylic acids is 2. The number of ether oxygens (including phenoxy) is 2. The van der Waals surface area contributed by atoms with Crippen LogP contribution in [0.1, 0.15) is 44.1 Å². The predicted octanol–water partition coefficient (Wildman–Crippen LogP) is 3.17. The number of halogens is 1. The summed E-state index contributed by atoms with van der Waals surface area (Å²) in [5.74, 6) is -0.899. The Bertz CT molecular complexity index is 1150. The SMILES string of the molecule is COC(=O)c1ccc(C(=O)NC2(c3ccc(C)c(F)c3)CCOc3cccnc32)nc1. The molecule has 0 saturated carbocycles. The Kier molecular flexibility index (Phi) is 5.37. The number of aromatic nitrogens is 2. The third kappa shape index (κ3) is 3.72. The Morgan fingerprint density at radius 3 is 2.74 bits per heavy atom. The topological polar surface area (TPSA) is 90.4 Å². The number of benzene rings is 1. The number of carbonyl (C=O) groups is 2. The van der Waals surface area contributed by atoms with Crippen LogP contribution in [0.2, 0.25) is 0 Å². The molecule has 3 heterocycles. The smallest absolute Gasteiger partial charge is 0.339 e. The van der Waals surface area contributed by atoms with Gasteiger partial charge in [-0.2, -0.15) is 0 Å². The summed E-state index contributed by atoms with van der Waals surface area (Å²) >= 11 is 0. The van der Waals surface area contributed by atoms with Crippen LogP contribution >= 0.6 is 0 Å². The normalized spacial score (nSPS) is 17.3. The van der Waals surface area contributed by atoms with Crippen molar-refractivity contribution in [3.8, 4) is 5.75 Å². The van der Waals surface area contributed by atoms with E-state index in [9.17, 15) is 14.0 Å². The maximum atomic E-state index is 14.5. The number of hydrogen-bond acceptors (Lipinski definition) is 6. The highest BCUT2D eigenvalue weighted by atomic mass is 19.1. The fraction of sp³-hybridized carbons (Fsp3) is 0.217. The molecule has 1 N–H and O–H groups in total. The molecule has 0 radical (unpaired) electrons. The molecule has 1 atom stereocenters. The van der Waals surface area contributed by atoms with E-state index < -0.39 is 17.4 Å². The average molecular weight is 421 g/mol. The molecule has 0 saturated heterocycles. The zero-order chi connectivity index (χ0) is 22.0. The molecule has 31 heavy (non-hydrogen) atoms. The number of fused-ring (bicyclic) bond motifs is 1. The highest BCUT2D eigenvalue weighted by Gasteiger charge is 2.43. The zero-order valence-electron chi connectivity index (χ0n) is 17.0. The molecule has 7 nitrogen and oxygen atoms in total. The van der Waals surface area contributed by atoms with Gasteiger partial charge in [-0.25, -0.2) is 9.18 Å². The fourth-order valence-electron chi connectivity index (χ4n) is 3.62. The van der Waals surface area contributed by atoms with Crippen LogP contribution in [0.5, 0.6) is 5.75 Å². The summed E-state index contributed by atoms with van der Waals surface area (Å²) in [6.07, 6.45) is 3.23. The van der Waals surface area contributed by atoms with Gasteiger partial charge in [0.25, 0.3) is 5.91 Å². The quantitative estimate of drug-likeness (QED) is 0.651. The molecule has 158 valence electrons. The van der Waals surface area contributed by atoms with Crippen molar-refractivity contribution in [2.24, 2.45) is 0 Å². The number of methoxy groups -OCH3 is 1. The van der Waals surface area contributed by atoms with E-state index in [1.54, 1.807) is 37.4 Å². The van der Waals surface area contributed by atoms with Crippen LogP contribution in [0, 0.1) is 12.7 Å². The van der Waals surface area contributed by atoms with Crippen molar-refractivity contribution in [2.75, 3.05) is 13.7 Å². The first-order valence-electron chi connectivity index (χ1n) is 9.66. The van der Waals surface area contributed by atoms with Gasteiger partial charge in [-0.15, -0.1) is 0 Å². The largest absolute Gasteiger partial charge is 0.491 e. The molecular weight excluding hydrogens is 401 g/mol. The van der Waals surface area contributed by atoms with Gasteiger partial charge < -0.3 is 14.8 Å². The van der Waals surface area contributed by atoms with Crippen molar-refractivity contribution in [2.45, 2.75) is 18.9 Å². The second-order valence-corrected chi connectivity index (χ2v) is 7.20.